The van der Waals surface area contributed by atoms with Gasteiger partial charge in [-0.15, -0.1) is 11.3 Å². The van der Waals surface area contributed by atoms with Crippen molar-refractivity contribution in [3.63, 3.8) is 0 Å². The molecule has 1 aromatic heterocycles. The third-order valence-corrected chi connectivity index (χ3v) is 7.30. The molecular formula is C28H34O6S. The van der Waals surface area contributed by atoms with Crippen LogP contribution in [0, 0.1) is 6.92 Å². The van der Waals surface area contributed by atoms with Crippen molar-refractivity contribution in [1.82, 2.24) is 0 Å². The minimum Gasteiger partial charge on any atom is -0.497 e. The predicted octanol–water partition coefficient (Wildman–Crippen LogP) is 5.68. The molecule has 0 saturated carbocycles. The number of carbonyl (C=O) groups is 1. The van der Waals surface area contributed by atoms with Crippen LogP contribution in [0.1, 0.15) is 58.2 Å². The Bertz CT molecular complexity index is 1100. The first kappa shape index (κ1) is 26.9. The number of thiophene rings is 1. The fraction of sp³-hybridized carbons (Fsp3) is 0.393. The van der Waals surface area contributed by atoms with Crippen LogP contribution < -0.4 is 4.74 Å². The second-order valence-corrected chi connectivity index (χ2v) is 9.59. The summed E-state index contributed by atoms with van der Waals surface area (Å²) in [5, 5.41) is 10.7. The van der Waals surface area contributed by atoms with Crippen LogP contribution in [0.15, 0.2) is 54.6 Å². The van der Waals surface area contributed by atoms with Crippen LogP contribution in [0.4, 0.5) is 0 Å². The average molecular weight is 499 g/mol. The maximum absolute atomic E-state index is 12.3. The lowest BCUT2D eigenvalue weighted by atomic mass is 9.91. The highest BCUT2D eigenvalue weighted by Gasteiger charge is 2.28. The zero-order valence-corrected chi connectivity index (χ0v) is 21.8. The summed E-state index contributed by atoms with van der Waals surface area (Å²) in [4.78, 5) is 13.9. The summed E-state index contributed by atoms with van der Waals surface area (Å²) >= 11 is 1.44. The number of carbonyl (C=O) groups excluding carboxylic acids is 1. The Kier molecular flexibility index (Phi) is 9.46. The van der Waals surface area contributed by atoms with Crippen LogP contribution in [0.2, 0.25) is 0 Å². The number of aryl methyl sites for hydroxylation is 1. The van der Waals surface area contributed by atoms with Crippen molar-refractivity contribution < 1.29 is 28.8 Å². The molecule has 6 nitrogen and oxygen atoms in total. The van der Waals surface area contributed by atoms with Crippen LogP contribution in [-0.4, -0.2) is 31.9 Å². The van der Waals surface area contributed by atoms with Crippen molar-refractivity contribution in [3.05, 3.63) is 86.6 Å². The number of esters is 1. The van der Waals surface area contributed by atoms with Gasteiger partial charge < -0.3 is 24.1 Å². The van der Waals surface area contributed by atoms with E-state index in [1.54, 1.807) is 14.0 Å². The number of ether oxygens (including phenoxy) is 4. The molecule has 0 spiro atoms. The van der Waals surface area contributed by atoms with E-state index in [2.05, 4.69) is 12.1 Å². The number of aliphatic hydroxyl groups is 1. The molecule has 1 N–H and O–H groups in total. The number of hydrogen-bond acceptors (Lipinski definition) is 7. The predicted molar refractivity (Wildman–Crippen MR) is 137 cm³/mol. The minimum absolute atomic E-state index is 0.197. The Balaban J connectivity index is 1.81. The minimum atomic E-state index is -1.37. The van der Waals surface area contributed by atoms with Gasteiger partial charge in [0.1, 0.15) is 5.75 Å². The third kappa shape index (κ3) is 7.15. The summed E-state index contributed by atoms with van der Waals surface area (Å²) in [6.07, 6.45) is 0.197. The molecule has 2 atom stereocenters. The second kappa shape index (κ2) is 12.3. The van der Waals surface area contributed by atoms with Gasteiger partial charge in [-0.05, 0) is 67.3 Å². The Hall–Kier alpha value is -2.71. The summed E-state index contributed by atoms with van der Waals surface area (Å²) in [5.41, 5.74) is 4.24. The number of methoxy groups -OCH3 is 2. The van der Waals surface area contributed by atoms with Crippen molar-refractivity contribution in [2.75, 3.05) is 20.8 Å². The van der Waals surface area contributed by atoms with Crippen molar-refractivity contribution >= 4 is 17.3 Å². The average Bonchev–Trinajstić information content (AvgIpc) is 3.35. The van der Waals surface area contributed by atoms with E-state index in [1.807, 2.05) is 56.3 Å². The lowest BCUT2D eigenvalue weighted by Gasteiger charge is -2.22. The van der Waals surface area contributed by atoms with Gasteiger partial charge in [0.05, 0.1) is 38.7 Å². The van der Waals surface area contributed by atoms with Crippen molar-refractivity contribution in [2.24, 2.45) is 0 Å². The fourth-order valence-electron chi connectivity index (χ4n) is 3.84. The molecule has 0 bridgehead atoms. The topological polar surface area (TPSA) is 74.2 Å². The zero-order chi connectivity index (χ0) is 25.4. The first-order chi connectivity index (χ1) is 16.8. The van der Waals surface area contributed by atoms with E-state index in [1.165, 1.54) is 18.4 Å². The van der Waals surface area contributed by atoms with E-state index < -0.39 is 5.79 Å². The standard InChI is InChI=1S/C28H34O6S/c1-6-34-28(3,30)26-14-13-25(35-26)24(16-27(29)32-5)21-10-7-19(2)22(15-21)18-33-17-20-8-11-23(31-4)12-9-20/h7-15,24,30H,6,16-18H2,1-5H3. The first-order valence-electron chi connectivity index (χ1n) is 11.6. The van der Waals surface area contributed by atoms with Crippen molar-refractivity contribution in [1.29, 1.82) is 0 Å². The summed E-state index contributed by atoms with van der Waals surface area (Å²) in [6, 6.07) is 17.8. The highest BCUT2D eigenvalue weighted by molar-refractivity contribution is 7.12. The Morgan fingerprint density at radius 3 is 2.46 bits per heavy atom. The summed E-state index contributed by atoms with van der Waals surface area (Å²) in [5.74, 6) is -1.06. The van der Waals surface area contributed by atoms with Crippen LogP contribution in [0.5, 0.6) is 5.75 Å². The molecule has 35 heavy (non-hydrogen) atoms. The monoisotopic (exact) mass is 498 g/mol. The van der Waals surface area contributed by atoms with E-state index in [4.69, 9.17) is 18.9 Å². The van der Waals surface area contributed by atoms with Gasteiger partial charge in [0.15, 0.2) is 5.79 Å². The van der Waals surface area contributed by atoms with Crippen LogP contribution >= 0.6 is 11.3 Å². The molecule has 1 heterocycles. The number of benzene rings is 2. The molecule has 0 radical (unpaired) electrons. The van der Waals surface area contributed by atoms with E-state index in [0.29, 0.717) is 24.7 Å². The summed E-state index contributed by atoms with van der Waals surface area (Å²) in [7, 11) is 3.04. The van der Waals surface area contributed by atoms with Crippen molar-refractivity contribution in [3.8, 4) is 5.75 Å². The summed E-state index contributed by atoms with van der Waals surface area (Å²) in [6.45, 7) is 6.85. The summed E-state index contributed by atoms with van der Waals surface area (Å²) < 4.78 is 21.7. The number of rotatable bonds is 12. The van der Waals surface area contributed by atoms with E-state index >= 15 is 0 Å². The fourth-order valence-corrected chi connectivity index (χ4v) is 4.97. The SMILES string of the molecule is CCOC(C)(O)c1ccc(C(CC(=O)OC)c2ccc(C)c(COCc3ccc(OC)cc3)c2)s1. The van der Waals surface area contributed by atoms with Crippen LogP contribution in [0.25, 0.3) is 0 Å². The molecule has 2 aromatic carbocycles. The highest BCUT2D eigenvalue weighted by Crippen LogP contribution is 2.38. The maximum atomic E-state index is 12.3. The van der Waals surface area contributed by atoms with Gasteiger partial charge in [0.2, 0.25) is 0 Å². The quantitative estimate of drug-likeness (QED) is 0.256. The largest absolute Gasteiger partial charge is 0.497 e. The molecule has 3 rings (SSSR count). The van der Waals surface area contributed by atoms with E-state index in [-0.39, 0.29) is 18.3 Å². The van der Waals surface area contributed by atoms with E-state index in [0.717, 1.165) is 32.9 Å². The van der Waals surface area contributed by atoms with Gasteiger partial charge in [0, 0.05) is 17.4 Å². The van der Waals surface area contributed by atoms with Crippen LogP contribution in [-0.2, 0) is 38.0 Å². The first-order valence-corrected chi connectivity index (χ1v) is 12.4. The third-order valence-electron chi connectivity index (χ3n) is 5.91. The molecule has 188 valence electrons. The van der Waals surface area contributed by atoms with Gasteiger partial charge >= 0.3 is 5.97 Å². The molecule has 0 aliphatic rings. The molecule has 0 amide bonds. The molecule has 0 saturated heterocycles. The Labute approximate surface area is 211 Å². The lowest BCUT2D eigenvalue weighted by molar-refractivity contribution is -0.192. The molecule has 0 fully saturated rings. The van der Waals surface area contributed by atoms with E-state index in [9.17, 15) is 9.90 Å². The smallest absolute Gasteiger partial charge is 0.306 e. The van der Waals surface area contributed by atoms with Crippen LogP contribution in [0.3, 0.4) is 0 Å². The Morgan fingerprint density at radius 1 is 1.06 bits per heavy atom. The van der Waals surface area contributed by atoms with Gasteiger partial charge in [-0.2, -0.15) is 0 Å². The van der Waals surface area contributed by atoms with Gasteiger partial charge in [0.25, 0.3) is 0 Å². The van der Waals surface area contributed by atoms with Gasteiger partial charge in [-0.25, -0.2) is 0 Å². The van der Waals surface area contributed by atoms with Crippen molar-refractivity contribution in [2.45, 2.75) is 52.1 Å². The zero-order valence-electron chi connectivity index (χ0n) is 21.0. The molecule has 0 aliphatic heterocycles. The Morgan fingerprint density at radius 2 is 1.80 bits per heavy atom. The molecular weight excluding hydrogens is 464 g/mol. The normalized spacial score (nSPS) is 13.8. The number of hydrogen-bond donors (Lipinski definition) is 1. The molecule has 0 aliphatic carbocycles. The maximum Gasteiger partial charge on any atom is 0.306 e. The lowest BCUT2D eigenvalue weighted by Crippen LogP contribution is -2.23. The molecule has 7 heteroatoms. The highest BCUT2D eigenvalue weighted by atomic mass is 32.1. The van der Waals surface area contributed by atoms with Gasteiger partial charge in [-0.1, -0.05) is 30.3 Å². The second-order valence-electron chi connectivity index (χ2n) is 8.48. The molecule has 3 aromatic rings. The molecule has 2 unspecified atom stereocenters. The van der Waals surface area contributed by atoms with Gasteiger partial charge in [-0.3, -0.25) is 4.79 Å².